The van der Waals surface area contributed by atoms with Gasteiger partial charge in [-0.25, -0.2) is 14.3 Å². The van der Waals surface area contributed by atoms with Crippen LogP contribution in [0, 0.1) is 5.82 Å². The number of benzene rings is 2. The van der Waals surface area contributed by atoms with Crippen LogP contribution in [0.4, 0.5) is 4.39 Å². The van der Waals surface area contributed by atoms with Gasteiger partial charge >= 0.3 is 5.69 Å². The smallest absolute Gasteiger partial charge is 0.342 e. The minimum absolute atomic E-state index is 0.107. The number of hydrogen-bond donors (Lipinski definition) is 1. The molecule has 0 spiro atoms. The lowest BCUT2D eigenvalue weighted by Gasteiger charge is -2.34. The summed E-state index contributed by atoms with van der Waals surface area (Å²) in [5.74, 6) is 0.744. The fraction of sp³-hybridized carbons (Fsp3) is 0.375. The number of aromatic amines is 1. The van der Waals surface area contributed by atoms with E-state index in [9.17, 15) is 14.0 Å². The van der Waals surface area contributed by atoms with Crippen molar-refractivity contribution in [3.8, 4) is 0 Å². The molecule has 0 unspecified atom stereocenters. The molecule has 1 N–H and O–H groups in total. The summed E-state index contributed by atoms with van der Waals surface area (Å²) >= 11 is 0. The average molecular weight is 420 g/mol. The monoisotopic (exact) mass is 420 g/mol. The van der Waals surface area contributed by atoms with Crippen molar-refractivity contribution in [1.29, 1.82) is 0 Å². The zero-order chi connectivity index (χ0) is 21.4. The van der Waals surface area contributed by atoms with E-state index in [0.29, 0.717) is 25.5 Å². The summed E-state index contributed by atoms with van der Waals surface area (Å²) in [5, 5.41) is 6.84. The molecular formula is C24H25FN4O2. The number of rotatable bonds is 5. The average Bonchev–Trinajstić information content (AvgIpc) is 3.55. The molecule has 31 heavy (non-hydrogen) atoms. The Morgan fingerprint density at radius 1 is 1.06 bits per heavy atom. The molecule has 1 aliphatic carbocycles. The highest BCUT2D eigenvalue weighted by Gasteiger charge is 2.53. The van der Waals surface area contributed by atoms with Crippen molar-refractivity contribution in [2.24, 2.45) is 0 Å². The van der Waals surface area contributed by atoms with Crippen LogP contribution in [0.15, 0.2) is 59.4 Å². The van der Waals surface area contributed by atoms with E-state index in [4.69, 9.17) is 0 Å². The van der Waals surface area contributed by atoms with Gasteiger partial charge in [0.05, 0.1) is 12.0 Å². The first-order valence-electron chi connectivity index (χ1n) is 10.8. The first kappa shape index (κ1) is 19.7. The Kier molecular flexibility index (Phi) is 4.96. The number of hydrogen-bond acceptors (Lipinski definition) is 3. The molecule has 1 amide bonds. The standard InChI is InChI=1S/C24H25FN4O2/c25-20-8-6-17(7-9-20)16-29-21(26-27-23(29)31)18-10-14-28(15-11-18)22(30)24(12-13-24)19-4-2-1-3-5-19/h1-9,18H,10-16H2,(H,27,31). The summed E-state index contributed by atoms with van der Waals surface area (Å²) in [6.45, 7) is 1.67. The molecule has 2 aliphatic rings. The SMILES string of the molecule is O=C(N1CCC(c2n[nH]c(=O)n2Cc2ccc(F)cc2)CC1)C1(c2ccccc2)CC1. The number of halogens is 1. The lowest BCUT2D eigenvalue weighted by Crippen LogP contribution is -2.44. The lowest BCUT2D eigenvalue weighted by molar-refractivity contribution is -0.135. The lowest BCUT2D eigenvalue weighted by atomic mass is 9.91. The van der Waals surface area contributed by atoms with Crippen LogP contribution < -0.4 is 5.69 Å². The van der Waals surface area contributed by atoms with Gasteiger partial charge in [0, 0.05) is 19.0 Å². The molecule has 2 heterocycles. The molecule has 0 atom stereocenters. The van der Waals surface area contributed by atoms with Gasteiger partial charge in [0.2, 0.25) is 5.91 Å². The van der Waals surface area contributed by atoms with Crippen molar-refractivity contribution in [2.45, 2.75) is 43.6 Å². The van der Waals surface area contributed by atoms with Crippen molar-refractivity contribution >= 4 is 5.91 Å². The Bertz CT molecular complexity index is 1120. The second-order valence-corrected chi connectivity index (χ2v) is 8.61. The van der Waals surface area contributed by atoms with Crippen LogP contribution in [-0.2, 0) is 16.8 Å². The quantitative estimate of drug-likeness (QED) is 0.689. The molecule has 1 saturated heterocycles. The van der Waals surface area contributed by atoms with Crippen molar-refractivity contribution < 1.29 is 9.18 Å². The van der Waals surface area contributed by atoms with Crippen molar-refractivity contribution in [3.05, 3.63) is 87.9 Å². The molecule has 1 aromatic heterocycles. The van der Waals surface area contributed by atoms with Gasteiger partial charge in [-0.2, -0.15) is 5.10 Å². The maximum atomic E-state index is 13.3. The van der Waals surface area contributed by atoms with E-state index >= 15 is 0 Å². The Hall–Kier alpha value is -3.22. The highest BCUT2D eigenvalue weighted by Crippen LogP contribution is 2.50. The second-order valence-electron chi connectivity index (χ2n) is 8.61. The van der Waals surface area contributed by atoms with E-state index < -0.39 is 0 Å². The second kappa shape index (κ2) is 7.80. The Balaban J connectivity index is 1.28. The highest BCUT2D eigenvalue weighted by atomic mass is 19.1. The summed E-state index contributed by atoms with van der Waals surface area (Å²) in [7, 11) is 0. The summed E-state index contributed by atoms with van der Waals surface area (Å²) in [6.07, 6.45) is 3.35. The molecular weight excluding hydrogens is 395 g/mol. The summed E-state index contributed by atoms with van der Waals surface area (Å²) in [4.78, 5) is 27.6. The maximum Gasteiger partial charge on any atom is 0.343 e. The molecule has 0 bridgehead atoms. The number of likely N-dealkylation sites (tertiary alicyclic amines) is 1. The fourth-order valence-corrected chi connectivity index (χ4v) is 4.72. The predicted octanol–water partition coefficient (Wildman–Crippen LogP) is 3.20. The van der Waals surface area contributed by atoms with E-state index in [1.54, 1.807) is 16.7 Å². The topological polar surface area (TPSA) is 71.0 Å². The zero-order valence-electron chi connectivity index (χ0n) is 17.3. The van der Waals surface area contributed by atoms with E-state index in [0.717, 1.165) is 36.8 Å². The van der Waals surface area contributed by atoms with Crippen LogP contribution >= 0.6 is 0 Å². The maximum absolute atomic E-state index is 13.3. The number of nitrogens with zero attached hydrogens (tertiary/aromatic N) is 3. The molecule has 6 nitrogen and oxygen atoms in total. The predicted molar refractivity (Wildman–Crippen MR) is 114 cm³/mol. The van der Waals surface area contributed by atoms with Crippen LogP contribution in [0.1, 0.15) is 48.6 Å². The van der Waals surface area contributed by atoms with Crippen molar-refractivity contribution in [1.82, 2.24) is 19.7 Å². The van der Waals surface area contributed by atoms with Gasteiger partial charge in [-0.15, -0.1) is 0 Å². The van der Waals surface area contributed by atoms with E-state index in [1.807, 2.05) is 23.1 Å². The van der Waals surface area contributed by atoms with Crippen LogP contribution in [-0.4, -0.2) is 38.7 Å². The number of H-pyrrole nitrogens is 1. The Labute approximate surface area is 179 Å². The number of aromatic nitrogens is 3. The third kappa shape index (κ3) is 3.69. The van der Waals surface area contributed by atoms with Crippen LogP contribution in [0.3, 0.4) is 0 Å². The summed E-state index contributed by atoms with van der Waals surface area (Å²) in [6, 6.07) is 16.2. The largest absolute Gasteiger partial charge is 0.343 e. The van der Waals surface area contributed by atoms with Gasteiger partial charge in [-0.1, -0.05) is 42.5 Å². The van der Waals surface area contributed by atoms with Crippen LogP contribution in [0.5, 0.6) is 0 Å². The number of piperidine rings is 1. The van der Waals surface area contributed by atoms with Crippen LogP contribution in [0.2, 0.25) is 0 Å². The molecule has 3 aromatic rings. The van der Waals surface area contributed by atoms with Crippen molar-refractivity contribution in [3.63, 3.8) is 0 Å². The number of carbonyl (C=O) groups is 1. The third-order valence-corrected chi connectivity index (χ3v) is 6.67. The van der Waals surface area contributed by atoms with Crippen molar-refractivity contribution in [2.75, 3.05) is 13.1 Å². The molecule has 0 radical (unpaired) electrons. The van der Waals surface area contributed by atoms with E-state index in [2.05, 4.69) is 22.3 Å². The van der Waals surface area contributed by atoms with Gasteiger partial charge < -0.3 is 4.90 Å². The molecule has 2 fully saturated rings. The molecule has 7 heteroatoms. The summed E-state index contributed by atoms with van der Waals surface area (Å²) < 4.78 is 14.8. The highest BCUT2D eigenvalue weighted by molar-refractivity contribution is 5.91. The molecule has 2 aromatic carbocycles. The van der Waals surface area contributed by atoms with E-state index in [-0.39, 0.29) is 28.7 Å². The fourth-order valence-electron chi connectivity index (χ4n) is 4.72. The van der Waals surface area contributed by atoms with E-state index in [1.165, 1.54) is 12.1 Å². The first-order valence-corrected chi connectivity index (χ1v) is 10.8. The van der Waals surface area contributed by atoms with Gasteiger partial charge in [0.1, 0.15) is 11.6 Å². The number of nitrogens with one attached hydrogen (secondary N) is 1. The minimum atomic E-state index is -0.342. The number of carbonyl (C=O) groups excluding carboxylic acids is 1. The van der Waals surface area contributed by atoms with Gasteiger partial charge in [-0.3, -0.25) is 9.36 Å². The minimum Gasteiger partial charge on any atom is -0.342 e. The molecule has 1 saturated carbocycles. The van der Waals surface area contributed by atoms with Gasteiger partial charge in [0.15, 0.2) is 0 Å². The first-order chi connectivity index (χ1) is 15.1. The normalized spacial score (nSPS) is 18.2. The molecule has 1 aliphatic heterocycles. The third-order valence-electron chi connectivity index (χ3n) is 6.67. The Morgan fingerprint density at radius 3 is 2.39 bits per heavy atom. The van der Waals surface area contributed by atoms with Gasteiger partial charge in [-0.05, 0) is 48.9 Å². The number of amides is 1. The van der Waals surface area contributed by atoms with Gasteiger partial charge in [0.25, 0.3) is 0 Å². The molecule has 5 rings (SSSR count). The zero-order valence-corrected chi connectivity index (χ0v) is 17.3. The Morgan fingerprint density at radius 2 is 1.74 bits per heavy atom. The summed E-state index contributed by atoms with van der Waals surface area (Å²) in [5.41, 5.74) is 1.35. The molecule has 160 valence electrons. The van der Waals surface area contributed by atoms with Crippen LogP contribution in [0.25, 0.3) is 0 Å².